The molecule has 0 spiro atoms. The van der Waals surface area contributed by atoms with Crippen LogP contribution in [-0.4, -0.2) is 18.1 Å². The maximum absolute atomic E-state index is 13.4. The first kappa shape index (κ1) is 14.8. The minimum atomic E-state index is -0.329. The molecule has 2 N–H and O–H groups in total. The van der Waals surface area contributed by atoms with Gasteiger partial charge in [0.1, 0.15) is 11.6 Å². The van der Waals surface area contributed by atoms with Crippen LogP contribution in [0.5, 0.6) is 5.75 Å². The zero-order chi connectivity index (χ0) is 13.4. The number of methoxy groups -OCH3 is 1. The van der Waals surface area contributed by atoms with Gasteiger partial charge in [-0.1, -0.05) is 6.07 Å². The van der Waals surface area contributed by atoms with E-state index in [1.807, 2.05) is 18.3 Å². The molecule has 1 aliphatic carbocycles. The van der Waals surface area contributed by atoms with Gasteiger partial charge in [-0.3, -0.25) is 4.98 Å². The summed E-state index contributed by atoms with van der Waals surface area (Å²) in [6.07, 6.45) is 2.85. The maximum atomic E-state index is 13.4. The summed E-state index contributed by atoms with van der Waals surface area (Å²) in [5.74, 6) is 0.595. The van der Waals surface area contributed by atoms with E-state index >= 15 is 0 Å². The number of nitrogens with two attached hydrogens (primary N) is 1. The Kier molecular flexibility index (Phi) is 4.26. The first-order chi connectivity index (χ1) is 9.17. The molecule has 2 aromatic rings. The van der Waals surface area contributed by atoms with E-state index in [9.17, 15) is 4.39 Å². The number of aromatic nitrogens is 1. The molecule has 1 aliphatic rings. The quantitative estimate of drug-likeness (QED) is 0.946. The van der Waals surface area contributed by atoms with Crippen LogP contribution >= 0.6 is 12.4 Å². The Morgan fingerprint density at radius 3 is 2.60 bits per heavy atom. The molecule has 20 heavy (non-hydrogen) atoms. The van der Waals surface area contributed by atoms with Crippen molar-refractivity contribution in [1.29, 1.82) is 0 Å². The lowest BCUT2D eigenvalue weighted by atomic mass is 10.1. The zero-order valence-electron chi connectivity index (χ0n) is 11.0. The summed E-state index contributed by atoms with van der Waals surface area (Å²) < 4.78 is 18.5. The summed E-state index contributed by atoms with van der Waals surface area (Å²) in [6.45, 7) is 0. The molecule has 1 fully saturated rings. The zero-order valence-corrected chi connectivity index (χ0v) is 11.9. The van der Waals surface area contributed by atoms with E-state index in [4.69, 9.17) is 10.5 Å². The Balaban J connectivity index is 0.00000147. The fourth-order valence-electron chi connectivity index (χ4n) is 2.22. The monoisotopic (exact) mass is 294 g/mol. The highest BCUT2D eigenvalue weighted by molar-refractivity contribution is 5.85. The molecule has 1 heterocycles. The molecule has 5 heteroatoms. The minimum absolute atomic E-state index is 0. The molecule has 1 aromatic carbocycles. The first-order valence-electron chi connectivity index (χ1n) is 6.24. The number of nitrogens with zero attached hydrogens (tertiary/aromatic N) is 1. The van der Waals surface area contributed by atoms with Crippen molar-refractivity contribution in [2.75, 3.05) is 7.11 Å². The topological polar surface area (TPSA) is 48.1 Å². The van der Waals surface area contributed by atoms with Gasteiger partial charge in [-0.05, 0) is 30.2 Å². The molecule has 3 nitrogen and oxygen atoms in total. The van der Waals surface area contributed by atoms with Crippen LogP contribution in [0.3, 0.4) is 0 Å². The molecular formula is C15H16ClFN2O. The van der Waals surface area contributed by atoms with E-state index in [1.54, 1.807) is 6.07 Å². The fourth-order valence-corrected chi connectivity index (χ4v) is 2.22. The molecule has 0 aliphatic heterocycles. The van der Waals surface area contributed by atoms with Gasteiger partial charge in [-0.15, -0.1) is 12.4 Å². The van der Waals surface area contributed by atoms with Crippen molar-refractivity contribution >= 4 is 12.4 Å². The van der Waals surface area contributed by atoms with Crippen molar-refractivity contribution in [1.82, 2.24) is 4.98 Å². The van der Waals surface area contributed by atoms with Gasteiger partial charge in [-0.2, -0.15) is 0 Å². The largest absolute Gasteiger partial charge is 0.497 e. The highest BCUT2D eigenvalue weighted by atomic mass is 35.5. The summed E-state index contributed by atoms with van der Waals surface area (Å²) in [7, 11) is 1.52. The van der Waals surface area contributed by atoms with Crippen molar-refractivity contribution in [3.63, 3.8) is 0 Å². The van der Waals surface area contributed by atoms with Crippen molar-refractivity contribution in [2.24, 2.45) is 5.73 Å². The summed E-state index contributed by atoms with van der Waals surface area (Å²) in [5.41, 5.74) is 8.41. The molecule has 0 bridgehead atoms. The number of halogens is 2. The van der Waals surface area contributed by atoms with Gasteiger partial charge in [-0.25, -0.2) is 4.39 Å². The summed E-state index contributed by atoms with van der Waals surface area (Å²) in [5, 5.41) is 0. The normalized spacial score (nSPS) is 20.1. The van der Waals surface area contributed by atoms with Crippen LogP contribution in [0.4, 0.5) is 4.39 Å². The standard InChI is InChI=1S/C15H15FN2O.ClH/c1-19-12-5-10(4-11(16)6-12)15-3-2-9(8-18-15)13-7-14(13)17;/h2-6,8,13-14H,7,17H2,1H3;1H/t13-,14+;/m1./s1. The van der Waals surface area contributed by atoms with Crippen molar-refractivity contribution in [3.05, 3.63) is 47.9 Å². The first-order valence-corrected chi connectivity index (χ1v) is 6.24. The van der Waals surface area contributed by atoms with E-state index in [-0.39, 0.29) is 24.3 Å². The Morgan fingerprint density at radius 2 is 2.05 bits per heavy atom. The number of pyridine rings is 1. The number of hydrogen-bond donors (Lipinski definition) is 1. The van der Waals surface area contributed by atoms with Crippen molar-refractivity contribution in [2.45, 2.75) is 18.4 Å². The molecule has 0 saturated heterocycles. The molecule has 0 radical (unpaired) electrons. The van der Waals surface area contributed by atoms with Gasteiger partial charge in [0, 0.05) is 29.8 Å². The second-order valence-electron chi connectivity index (χ2n) is 4.86. The van der Waals surface area contributed by atoms with Gasteiger partial charge >= 0.3 is 0 Å². The van der Waals surface area contributed by atoms with Crippen molar-refractivity contribution < 1.29 is 9.13 Å². The van der Waals surface area contributed by atoms with Crippen LogP contribution < -0.4 is 10.5 Å². The predicted octanol–water partition coefficient (Wildman–Crippen LogP) is 3.13. The van der Waals surface area contributed by atoms with Crippen LogP contribution in [0.25, 0.3) is 11.3 Å². The average Bonchev–Trinajstić information content (AvgIpc) is 3.15. The number of benzene rings is 1. The van der Waals surface area contributed by atoms with Crippen molar-refractivity contribution in [3.8, 4) is 17.0 Å². The number of ether oxygens (including phenoxy) is 1. The average molecular weight is 295 g/mol. The second kappa shape index (κ2) is 5.77. The molecule has 2 atom stereocenters. The third-order valence-corrected chi connectivity index (χ3v) is 3.46. The van der Waals surface area contributed by atoms with E-state index in [2.05, 4.69) is 4.98 Å². The van der Waals surface area contributed by atoms with E-state index < -0.39 is 0 Å². The molecule has 1 saturated carbocycles. The Labute approximate surface area is 123 Å². The Hall–Kier alpha value is -1.65. The Morgan fingerprint density at radius 1 is 1.30 bits per heavy atom. The van der Waals surface area contributed by atoms with Crippen LogP contribution in [0.1, 0.15) is 17.9 Å². The van der Waals surface area contributed by atoms with Gasteiger partial charge in [0.25, 0.3) is 0 Å². The lowest BCUT2D eigenvalue weighted by Gasteiger charge is -2.06. The molecule has 0 unspecified atom stereocenters. The minimum Gasteiger partial charge on any atom is -0.497 e. The van der Waals surface area contributed by atoms with E-state index in [0.717, 1.165) is 17.7 Å². The molecular weight excluding hydrogens is 279 g/mol. The van der Waals surface area contributed by atoms with E-state index in [0.29, 0.717) is 17.2 Å². The van der Waals surface area contributed by atoms with Gasteiger partial charge < -0.3 is 10.5 Å². The summed E-state index contributed by atoms with van der Waals surface area (Å²) >= 11 is 0. The second-order valence-corrected chi connectivity index (χ2v) is 4.86. The third kappa shape index (κ3) is 2.92. The van der Waals surface area contributed by atoms with Crippen LogP contribution in [0, 0.1) is 5.82 Å². The third-order valence-electron chi connectivity index (χ3n) is 3.46. The van der Waals surface area contributed by atoms with Gasteiger partial charge in [0.15, 0.2) is 0 Å². The van der Waals surface area contributed by atoms with Crippen LogP contribution in [0.15, 0.2) is 36.5 Å². The fraction of sp³-hybridized carbons (Fsp3) is 0.267. The molecule has 0 amide bonds. The van der Waals surface area contributed by atoms with Gasteiger partial charge in [0.2, 0.25) is 0 Å². The van der Waals surface area contributed by atoms with Gasteiger partial charge in [0.05, 0.1) is 12.8 Å². The molecule has 106 valence electrons. The van der Waals surface area contributed by atoms with Crippen LogP contribution in [0.2, 0.25) is 0 Å². The SMILES string of the molecule is COc1cc(F)cc(-c2ccc([C@H]3C[C@@H]3N)cn2)c1.Cl. The van der Waals surface area contributed by atoms with E-state index in [1.165, 1.54) is 19.2 Å². The lowest BCUT2D eigenvalue weighted by molar-refractivity contribution is 0.411. The summed E-state index contributed by atoms with van der Waals surface area (Å²) in [6, 6.07) is 8.75. The highest BCUT2D eigenvalue weighted by Crippen LogP contribution is 2.39. The number of hydrogen-bond acceptors (Lipinski definition) is 3. The highest BCUT2D eigenvalue weighted by Gasteiger charge is 2.34. The molecule has 3 rings (SSSR count). The predicted molar refractivity (Wildman–Crippen MR) is 78.8 cm³/mol. The lowest BCUT2D eigenvalue weighted by Crippen LogP contribution is -2.01. The summed E-state index contributed by atoms with van der Waals surface area (Å²) in [4.78, 5) is 4.38. The Bertz CT molecular complexity index is 603. The maximum Gasteiger partial charge on any atom is 0.127 e. The smallest absolute Gasteiger partial charge is 0.127 e. The molecule has 1 aromatic heterocycles. The number of rotatable bonds is 3. The van der Waals surface area contributed by atoms with Crippen LogP contribution in [-0.2, 0) is 0 Å².